The Hall–Kier alpha value is -0.370. The highest BCUT2D eigenvalue weighted by molar-refractivity contribution is 5.86. The molecule has 33 heavy (non-hydrogen) atoms. The maximum absolute atomic E-state index is 13.0. The Morgan fingerprint density at radius 3 is 1.94 bits per heavy atom. The lowest BCUT2D eigenvalue weighted by Gasteiger charge is -2.75. The van der Waals surface area contributed by atoms with E-state index < -0.39 is 0 Å². The molecule has 2 nitrogen and oxygen atoms in total. The third kappa shape index (κ3) is 2.80. The van der Waals surface area contributed by atoms with Crippen molar-refractivity contribution in [3.63, 3.8) is 0 Å². The Kier molecular flexibility index (Phi) is 5.08. The van der Waals surface area contributed by atoms with Gasteiger partial charge in [0.15, 0.2) is 0 Å². The van der Waals surface area contributed by atoms with Gasteiger partial charge in [-0.25, -0.2) is 0 Å². The molecule has 0 aliphatic heterocycles. The minimum atomic E-state index is -0.191. The van der Waals surface area contributed by atoms with E-state index in [0.717, 1.165) is 24.7 Å². The van der Waals surface area contributed by atoms with E-state index >= 15 is 0 Å². The number of fused-ring (bicyclic) bond motifs is 7. The molecule has 5 fully saturated rings. The average molecular weight is 457 g/mol. The van der Waals surface area contributed by atoms with Gasteiger partial charge in [-0.1, -0.05) is 55.4 Å². The van der Waals surface area contributed by atoms with Gasteiger partial charge < -0.3 is 5.11 Å². The molecule has 5 saturated carbocycles. The number of hydrogen-bond acceptors (Lipinski definition) is 2. The van der Waals surface area contributed by atoms with Crippen LogP contribution >= 0.6 is 0 Å². The number of aliphatic hydroxyl groups is 1. The number of Topliss-reactive ketones (excluding diaryl/α,β-unsaturated/α-hetero) is 1. The zero-order valence-electron chi connectivity index (χ0n) is 23.1. The van der Waals surface area contributed by atoms with Crippen molar-refractivity contribution in [2.24, 2.45) is 55.7 Å². The molecule has 5 aliphatic carbocycles. The Labute approximate surface area is 204 Å². The van der Waals surface area contributed by atoms with Crippen molar-refractivity contribution in [1.82, 2.24) is 0 Å². The lowest BCUT2D eigenvalue weighted by Crippen LogP contribution is -2.68. The molecule has 0 aromatic rings. The smallest absolute Gasteiger partial charge is 0.139 e. The lowest BCUT2D eigenvalue weighted by molar-refractivity contribution is -0.263. The third-order valence-corrected chi connectivity index (χ3v) is 14.6. The fourth-order valence-corrected chi connectivity index (χ4v) is 11.4. The average Bonchev–Trinajstić information content (AvgIpc) is 2.75. The molecule has 188 valence electrons. The van der Waals surface area contributed by atoms with Crippen molar-refractivity contribution in [3.05, 3.63) is 0 Å². The van der Waals surface area contributed by atoms with Crippen molar-refractivity contribution < 1.29 is 9.90 Å². The zero-order valence-corrected chi connectivity index (χ0v) is 23.1. The van der Waals surface area contributed by atoms with Gasteiger partial charge in [-0.15, -0.1) is 0 Å². The molecule has 0 saturated heterocycles. The van der Waals surface area contributed by atoms with E-state index in [2.05, 4.69) is 55.4 Å². The molecule has 0 aromatic carbocycles. The molecule has 9 atom stereocenters. The van der Waals surface area contributed by atoms with Crippen LogP contribution in [0.2, 0.25) is 0 Å². The van der Waals surface area contributed by atoms with Crippen LogP contribution < -0.4 is 0 Å². The topological polar surface area (TPSA) is 37.3 Å². The summed E-state index contributed by atoms with van der Waals surface area (Å²) in [5, 5.41) is 10.3. The highest BCUT2D eigenvalue weighted by atomic mass is 16.3. The van der Waals surface area contributed by atoms with Gasteiger partial charge in [0.2, 0.25) is 0 Å². The van der Waals surface area contributed by atoms with Crippen molar-refractivity contribution in [1.29, 1.82) is 0 Å². The first-order valence-electron chi connectivity index (χ1n) is 14.3. The first-order valence-corrected chi connectivity index (χ1v) is 14.3. The standard InChI is InChI=1S/C31H52O2/c1-25(2)24(33)10-9-21-28(5)16-18-31(8)23-19-26(3,20-32)13-14-27(23,4)15-17-30(31,7)22(28)11-12-29(21,25)6/h21-23,32H,9-20H2,1-8H3/t21?,22?,23?,26?,27-,28+,29+,30-,31+/m1/s1. The Morgan fingerprint density at radius 1 is 0.697 bits per heavy atom. The highest BCUT2D eigenvalue weighted by Crippen LogP contribution is 2.79. The Morgan fingerprint density at radius 2 is 1.27 bits per heavy atom. The van der Waals surface area contributed by atoms with Crippen molar-refractivity contribution in [2.45, 2.75) is 126 Å². The molecule has 0 bridgehead atoms. The summed E-state index contributed by atoms with van der Waals surface area (Å²) in [5.41, 5.74) is 1.57. The van der Waals surface area contributed by atoms with E-state index in [-0.39, 0.29) is 16.2 Å². The normalized spacial score (nSPS) is 58.0. The van der Waals surface area contributed by atoms with Crippen molar-refractivity contribution in [3.8, 4) is 0 Å². The van der Waals surface area contributed by atoms with E-state index in [9.17, 15) is 9.90 Å². The second kappa shape index (κ2) is 6.89. The maximum Gasteiger partial charge on any atom is 0.139 e. The quantitative estimate of drug-likeness (QED) is 0.436. The fraction of sp³-hybridized carbons (Fsp3) is 0.968. The van der Waals surface area contributed by atoms with Gasteiger partial charge in [-0.2, -0.15) is 0 Å². The molecule has 0 amide bonds. The second-order valence-electron chi connectivity index (χ2n) is 15.9. The molecule has 1 N–H and O–H groups in total. The van der Waals surface area contributed by atoms with E-state index in [1.807, 2.05) is 0 Å². The van der Waals surface area contributed by atoms with Crippen LogP contribution in [-0.2, 0) is 4.79 Å². The maximum atomic E-state index is 13.0. The molecule has 2 heteroatoms. The predicted molar refractivity (Wildman–Crippen MR) is 136 cm³/mol. The molecule has 0 aromatic heterocycles. The number of carbonyl (C=O) groups excluding carboxylic acids is 1. The second-order valence-corrected chi connectivity index (χ2v) is 15.9. The lowest BCUT2D eigenvalue weighted by atomic mass is 9.29. The molecule has 5 rings (SSSR count). The SMILES string of the molecule is CC1(CO)CC[C@]2(C)CC[C@]3(C)C4CC[C@@]5(C)C(CCC(=O)C5(C)C)[C@]4(C)CC[C@@]3(C)C2C1. The van der Waals surface area contributed by atoms with Crippen LogP contribution in [0.5, 0.6) is 0 Å². The zero-order chi connectivity index (χ0) is 24.3. The van der Waals surface area contributed by atoms with Crippen LogP contribution in [0.3, 0.4) is 0 Å². The molecule has 4 unspecified atom stereocenters. The molecule has 0 spiro atoms. The minimum absolute atomic E-state index is 0.102. The largest absolute Gasteiger partial charge is 0.396 e. The Bertz CT molecular complexity index is 846. The van der Waals surface area contributed by atoms with Gasteiger partial charge in [-0.05, 0) is 114 Å². The van der Waals surface area contributed by atoms with Gasteiger partial charge in [0.1, 0.15) is 5.78 Å². The molecular formula is C31H52O2. The first kappa shape index (κ1) is 24.3. The summed E-state index contributed by atoms with van der Waals surface area (Å²) in [6.45, 7) is 20.3. The third-order valence-electron chi connectivity index (χ3n) is 14.6. The predicted octanol–water partition coefficient (Wildman–Crippen LogP) is 7.82. The van der Waals surface area contributed by atoms with E-state index in [1.165, 1.54) is 57.8 Å². The summed E-state index contributed by atoms with van der Waals surface area (Å²) in [6, 6.07) is 0. The number of carbonyl (C=O) groups is 1. The van der Waals surface area contributed by atoms with Crippen LogP contribution in [0.15, 0.2) is 0 Å². The highest BCUT2D eigenvalue weighted by Gasteiger charge is 2.72. The van der Waals surface area contributed by atoms with Crippen LogP contribution in [-0.4, -0.2) is 17.5 Å². The van der Waals surface area contributed by atoms with E-state index in [0.29, 0.717) is 40.0 Å². The van der Waals surface area contributed by atoms with Crippen molar-refractivity contribution >= 4 is 5.78 Å². The van der Waals surface area contributed by atoms with Gasteiger partial charge in [-0.3, -0.25) is 4.79 Å². The monoisotopic (exact) mass is 456 g/mol. The summed E-state index contributed by atoms with van der Waals surface area (Å²) < 4.78 is 0. The summed E-state index contributed by atoms with van der Waals surface area (Å²) >= 11 is 0. The Balaban J connectivity index is 1.55. The first-order chi connectivity index (χ1) is 15.1. The number of rotatable bonds is 1. The van der Waals surface area contributed by atoms with Gasteiger partial charge >= 0.3 is 0 Å². The van der Waals surface area contributed by atoms with Gasteiger partial charge in [0.25, 0.3) is 0 Å². The number of aliphatic hydroxyl groups excluding tert-OH is 1. The molecule has 5 aliphatic rings. The van der Waals surface area contributed by atoms with Crippen LogP contribution in [0.25, 0.3) is 0 Å². The van der Waals surface area contributed by atoms with Gasteiger partial charge in [0.05, 0.1) is 0 Å². The molecular weight excluding hydrogens is 404 g/mol. The number of ketones is 1. The van der Waals surface area contributed by atoms with E-state index in [1.54, 1.807) is 0 Å². The summed E-state index contributed by atoms with van der Waals surface area (Å²) in [7, 11) is 0. The van der Waals surface area contributed by atoms with Crippen LogP contribution in [0.4, 0.5) is 0 Å². The molecule has 0 heterocycles. The summed E-state index contributed by atoms with van der Waals surface area (Å²) in [5.74, 6) is 2.66. The summed E-state index contributed by atoms with van der Waals surface area (Å²) in [4.78, 5) is 13.0. The molecule has 0 radical (unpaired) electrons. The van der Waals surface area contributed by atoms with Crippen LogP contribution in [0, 0.1) is 55.7 Å². The van der Waals surface area contributed by atoms with E-state index in [4.69, 9.17) is 0 Å². The van der Waals surface area contributed by atoms with Crippen molar-refractivity contribution in [2.75, 3.05) is 6.61 Å². The number of hydrogen-bond donors (Lipinski definition) is 1. The fourth-order valence-electron chi connectivity index (χ4n) is 11.4. The van der Waals surface area contributed by atoms with Gasteiger partial charge in [0, 0.05) is 18.4 Å². The minimum Gasteiger partial charge on any atom is -0.396 e. The van der Waals surface area contributed by atoms with Crippen LogP contribution in [0.1, 0.15) is 126 Å². The summed E-state index contributed by atoms with van der Waals surface area (Å²) in [6.07, 6.45) is 13.5.